The van der Waals surface area contributed by atoms with Gasteiger partial charge in [-0.05, 0) is 25.5 Å². The Balaban J connectivity index is 1.59. The highest BCUT2D eigenvalue weighted by molar-refractivity contribution is 5.06. The largest absolute Gasteiger partial charge is 0.466 e. The fourth-order valence-corrected chi connectivity index (χ4v) is 2.12. The molecule has 5 nitrogen and oxygen atoms in total. The van der Waals surface area contributed by atoms with Gasteiger partial charge in [0.05, 0.1) is 6.61 Å². The minimum absolute atomic E-state index is 0.299. The van der Waals surface area contributed by atoms with Gasteiger partial charge in [-0.2, -0.15) is 4.98 Å². The third-order valence-corrected chi connectivity index (χ3v) is 3.16. The molecule has 3 heterocycles. The van der Waals surface area contributed by atoms with Crippen LogP contribution in [-0.4, -0.2) is 23.4 Å². The number of rotatable bonds is 4. The van der Waals surface area contributed by atoms with Crippen molar-refractivity contribution >= 4 is 0 Å². The van der Waals surface area contributed by atoms with Gasteiger partial charge in [-0.1, -0.05) is 5.16 Å². The number of hydrogen-bond donors (Lipinski definition) is 0. The molecule has 1 aliphatic heterocycles. The average Bonchev–Trinajstić information content (AvgIpc) is 3.07. The van der Waals surface area contributed by atoms with Gasteiger partial charge >= 0.3 is 0 Å². The predicted molar refractivity (Wildman–Crippen MR) is 63.3 cm³/mol. The van der Waals surface area contributed by atoms with Gasteiger partial charge in [0.1, 0.15) is 11.5 Å². The Morgan fingerprint density at radius 2 is 2.28 bits per heavy atom. The Bertz CT molecular complexity index is 512. The van der Waals surface area contributed by atoms with E-state index >= 15 is 0 Å². The summed E-state index contributed by atoms with van der Waals surface area (Å²) in [6, 6.07) is 3.95. The van der Waals surface area contributed by atoms with E-state index in [9.17, 15) is 0 Å². The SMILES string of the molecule is Cc1ccc(CCc2nc([C@@H]3CCOC3)no2)o1. The second-order valence-corrected chi connectivity index (χ2v) is 4.62. The lowest BCUT2D eigenvalue weighted by Gasteiger charge is -1.97. The summed E-state index contributed by atoms with van der Waals surface area (Å²) in [5.74, 6) is 3.63. The molecule has 5 heteroatoms. The van der Waals surface area contributed by atoms with Crippen LogP contribution in [0.1, 0.15) is 35.6 Å². The van der Waals surface area contributed by atoms with E-state index < -0.39 is 0 Å². The summed E-state index contributed by atoms with van der Waals surface area (Å²) in [5.41, 5.74) is 0. The number of ether oxygens (including phenoxy) is 1. The van der Waals surface area contributed by atoms with Crippen molar-refractivity contribution in [1.82, 2.24) is 10.1 Å². The molecule has 3 rings (SSSR count). The molecule has 0 aromatic carbocycles. The molecule has 0 spiro atoms. The number of hydrogen-bond acceptors (Lipinski definition) is 5. The van der Waals surface area contributed by atoms with Gasteiger partial charge in [-0.15, -0.1) is 0 Å². The van der Waals surface area contributed by atoms with Crippen LogP contribution in [-0.2, 0) is 17.6 Å². The van der Waals surface area contributed by atoms with Gasteiger partial charge in [-0.25, -0.2) is 0 Å². The van der Waals surface area contributed by atoms with E-state index in [2.05, 4.69) is 10.1 Å². The molecule has 1 aliphatic rings. The third kappa shape index (κ3) is 2.46. The molecule has 0 radical (unpaired) electrons. The summed E-state index contributed by atoms with van der Waals surface area (Å²) >= 11 is 0. The van der Waals surface area contributed by atoms with Crippen molar-refractivity contribution in [1.29, 1.82) is 0 Å². The maximum absolute atomic E-state index is 5.50. The van der Waals surface area contributed by atoms with Gasteiger partial charge < -0.3 is 13.7 Å². The Kier molecular flexibility index (Phi) is 3.15. The molecule has 18 heavy (non-hydrogen) atoms. The Hall–Kier alpha value is -1.62. The zero-order chi connectivity index (χ0) is 12.4. The van der Waals surface area contributed by atoms with E-state index in [1.807, 2.05) is 19.1 Å². The number of furan rings is 1. The molecule has 96 valence electrons. The molecule has 0 saturated carbocycles. The van der Waals surface area contributed by atoms with Crippen molar-refractivity contribution in [3.05, 3.63) is 35.4 Å². The minimum Gasteiger partial charge on any atom is -0.466 e. The molecule has 0 N–H and O–H groups in total. The van der Waals surface area contributed by atoms with Crippen molar-refractivity contribution in [2.45, 2.75) is 32.1 Å². The molecular weight excluding hydrogens is 232 g/mol. The molecule has 1 saturated heterocycles. The average molecular weight is 248 g/mol. The highest BCUT2D eigenvalue weighted by atomic mass is 16.5. The van der Waals surface area contributed by atoms with E-state index in [-0.39, 0.29) is 0 Å². The van der Waals surface area contributed by atoms with Crippen LogP contribution in [0.25, 0.3) is 0 Å². The van der Waals surface area contributed by atoms with Gasteiger partial charge in [-0.3, -0.25) is 0 Å². The Morgan fingerprint density at radius 1 is 1.33 bits per heavy atom. The topological polar surface area (TPSA) is 61.3 Å². The molecule has 0 bridgehead atoms. The van der Waals surface area contributed by atoms with Crippen LogP contribution in [0.4, 0.5) is 0 Å². The number of aromatic nitrogens is 2. The quantitative estimate of drug-likeness (QED) is 0.830. The van der Waals surface area contributed by atoms with E-state index in [0.717, 1.165) is 36.8 Å². The molecule has 1 atom stereocenters. The number of aryl methyl sites for hydroxylation is 3. The smallest absolute Gasteiger partial charge is 0.227 e. The zero-order valence-corrected chi connectivity index (χ0v) is 10.4. The normalized spacial score (nSPS) is 19.5. The lowest BCUT2D eigenvalue weighted by molar-refractivity contribution is 0.192. The van der Waals surface area contributed by atoms with E-state index in [1.54, 1.807) is 0 Å². The van der Waals surface area contributed by atoms with Crippen LogP contribution >= 0.6 is 0 Å². The van der Waals surface area contributed by atoms with Crippen molar-refractivity contribution in [3.63, 3.8) is 0 Å². The van der Waals surface area contributed by atoms with Gasteiger partial charge in [0.2, 0.25) is 5.89 Å². The summed E-state index contributed by atoms with van der Waals surface area (Å²) < 4.78 is 16.1. The first-order valence-electron chi connectivity index (χ1n) is 6.27. The van der Waals surface area contributed by atoms with Crippen molar-refractivity contribution < 1.29 is 13.7 Å². The predicted octanol–water partition coefficient (Wildman–Crippen LogP) is 2.26. The standard InChI is InChI=1S/C13H16N2O3/c1-9-2-3-11(17-9)4-5-12-14-13(15-18-12)10-6-7-16-8-10/h2-3,10H,4-8H2,1H3/t10-/m1/s1. The van der Waals surface area contributed by atoms with Gasteiger partial charge in [0, 0.05) is 25.4 Å². The summed E-state index contributed by atoms with van der Waals surface area (Å²) in [7, 11) is 0. The maximum Gasteiger partial charge on any atom is 0.227 e. The van der Waals surface area contributed by atoms with Crippen LogP contribution in [0.15, 0.2) is 21.1 Å². The summed E-state index contributed by atoms with van der Waals surface area (Å²) in [5, 5.41) is 4.02. The second kappa shape index (κ2) is 4.94. The Labute approximate surface area is 105 Å². The highest BCUT2D eigenvalue weighted by Crippen LogP contribution is 2.22. The fraction of sp³-hybridized carbons (Fsp3) is 0.538. The highest BCUT2D eigenvalue weighted by Gasteiger charge is 2.22. The van der Waals surface area contributed by atoms with Crippen molar-refractivity contribution in [2.75, 3.05) is 13.2 Å². The van der Waals surface area contributed by atoms with Gasteiger partial charge in [0.25, 0.3) is 0 Å². The third-order valence-electron chi connectivity index (χ3n) is 3.16. The molecule has 2 aromatic heterocycles. The minimum atomic E-state index is 0.299. The molecule has 0 aliphatic carbocycles. The van der Waals surface area contributed by atoms with E-state index in [0.29, 0.717) is 24.8 Å². The lowest BCUT2D eigenvalue weighted by atomic mass is 10.1. The lowest BCUT2D eigenvalue weighted by Crippen LogP contribution is -2.00. The van der Waals surface area contributed by atoms with E-state index in [1.165, 1.54) is 0 Å². The van der Waals surface area contributed by atoms with Crippen LogP contribution < -0.4 is 0 Å². The van der Waals surface area contributed by atoms with E-state index in [4.69, 9.17) is 13.7 Å². The van der Waals surface area contributed by atoms with Crippen LogP contribution in [0.2, 0.25) is 0 Å². The first-order valence-corrected chi connectivity index (χ1v) is 6.27. The van der Waals surface area contributed by atoms with Crippen LogP contribution in [0.5, 0.6) is 0 Å². The summed E-state index contributed by atoms with van der Waals surface area (Å²) in [4.78, 5) is 4.41. The van der Waals surface area contributed by atoms with Gasteiger partial charge in [0.15, 0.2) is 5.82 Å². The fourth-order valence-electron chi connectivity index (χ4n) is 2.12. The van der Waals surface area contributed by atoms with Crippen LogP contribution in [0, 0.1) is 6.92 Å². The molecule has 0 amide bonds. The zero-order valence-electron chi connectivity index (χ0n) is 10.4. The first-order chi connectivity index (χ1) is 8.81. The monoisotopic (exact) mass is 248 g/mol. The maximum atomic E-state index is 5.50. The summed E-state index contributed by atoms with van der Waals surface area (Å²) in [6.07, 6.45) is 2.49. The number of nitrogens with zero attached hydrogens (tertiary/aromatic N) is 2. The van der Waals surface area contributed by atoms with Crippen molar-refractivity contribution in [3.8, 4) is 0 Å². The van der Waals surface area contributed by atoms with Crippen LogP contribution in [0.3, 0.4) is 0 Å². The first kappa shape index (κ1) is 11.5. The molecular formula is C13H16N2O3. The second-order valence-electron chi connectivity index (χ2n) is 4.62. The molecule has 2 aromatic rings. The molecule has 1 fully saturated rings. The molecule has 0 unspecified atom stereocenters. The summed E-state index contributed by atoms with van der Waals surface area (Å²) in [6.45, 7) is 3.44. The Morgan fingerprint density at radius 3 is 3.00 bits per heavy atom. The van der Waals surface area contributed by atoms with Crippen molar-refractivity contribution in [2.24, 2.45) is 0 Å².